The van der Waals surface area contributed by atoms with E-state index in [2.05, 4.69) is 26.3 Å². The minimum absolute atomic E-state index is 0.0370. The third-order valence-corrected chi connectivity index (χ3v) is 4.28. The topological polar surface area (TPSA) is 65.4 Å². The lowest BCUT2D eigenvalue weighted by Crippen LogP contribution is -2.22. The van der Waals surface area contributed by atoms with Crippen molar-refractivity contribution in [3.8, 4) is 11.5 Å². The van der Waals surface area contributed by atoms with Gasteiger partial charge in [0.25, 0.3) is 5.56 Å². The second kappa shape index (κ2) is 8.19. The predicted octanol–water partition coefficient (Wildman–Crippen LogP) is 3.51. The van der Waals surface area contributed by atoms with Crippen LogP contribution in [0.2, 0.25) is 0 Å². The van der Waals surface area contributed by atoms with E-state index in [1.807, 2.05) is 39.0 Å². The molecule has 0 aliphatic heterocycles. The average Bonchev–Trinajstić information content (AvgIpc) is 2.57. The molecule has 2 aromatic rings. The first-order valence-corrected chi connectivity index (χ1v) is 8.65. The monoisotopic (exact) mass is 395 g/mol. The van der Waals surface area contributed by atoms with Crippen LogP contribution in [0.25, 0.3) is 0 Å². The Morgan fingerprint density at radius 2 is 1.92 bits per heavy atom. The zero-order valence-electron chi connectivity index (χ0n) is 14.3. The van der Waals surface area contributed by atoms with Gasteiger partial charge in [-0.3, -0.25) is 4.79 Å². The van der Waals surface area contributed by atoms with Gasteiger partial charge in [0.15, 0.2) is 11.5 Å². The largest absolute Gasteiger partial charge is 0.490 e. The van der Waals surface area contributed by atoms with Crippen molar-refractivity contribution in [2.75, 3.05) is 18.5 Å². The van der Waals surface area contributed by atoms with Gasteiger partial charge in [-0.15, -0.1) is 0 Å². The maximum atomic E-state index is 11.9. The molecule has 0 amide bonds. The summed E-state index contributed by atoms with van der Waals surface area (Å²) in [6.45, 7) is 7.03. The Balaban J connectivity index is 2.26. The molecule has 0 radical (unpaired) electrons. The molecule has 0 spiro atoms. The second-order valence-electron chi connectivity index (χ2n) is 5.24. The van der Waals surface area contributed by atoms with E-state index >= 15 is 0 Å². The number of hydrogen-bond donors (Lipinski definition) is 1. The van der Waals surface area contributed by atoms with Gasteiger partial charge in [0.2, 0.25) is 0 Å². The van der Waals surface area contributed by atoms with Gasteiger partial charge in [-0.05, 0) is 54.4 Å². The maximum Gasteiger partial charge on any atom is 0.282 e. The minimum Gasteiger partial charge on any atom is -0.490 e. The summed E-state index contributed by atoms with van der Waals surface area (Å²) in [5.74, 6) is 1.44. The van der Waals surface area contributed by atoms with E-state index in [0.29, 0.717) is 29.1 Å². The van der Waals surface area contributed by atoms with Gasteiger partial charge in [-0.2, -0.15) is 5.10 Å². The molecular weight excluding hydrogens is 374 g/mol. The molecule has 1 heterocycles. The molecule has 0 saturated heterocycles. The van der Waals surface area contributed by atoms with E-state index in [1.54, 1.807) is 13.2 Å². The van der Waals surface area contributed by atoms with Gasteiger partial charge < -0.3 is 14.8 Å². The van der Waals surface area contributed by atoms with Crippen molar-refractivity contribution in [1.29, 1.82) is 0 Å². The van der Waals surface area contributed by atoms with E-state index < -0.39 is 0 Å². The van der Waals surface area contributed by atoms with Crippen LogP contribution in [0.4, 0.5) is 5.69 Å². The summed E-state index contributed by atoms with van der Waals surface area (Å²) in [7, 11) is 1.61. The molecule has 0 aliphatic carbocycles. The van der Waals surface area contributed by atoms with E-state index in [9.17, 15) is 4.79 Å². The third kappa shape index (κ3) is 4.08. The van der Waals surface area contributed by atoms with Gasteiger partial charge in [0, 0.05) is 13.1 Å². The first-order chi connectivity index (χ1) is 11.5. The van der Waals surface area contributed by atoms with E-state index in [0.717, 1.165) is 11.3 Å². The molecular formula is C17H22BrN3O3. The zero-order valence-corrected chi connectivity index (χ0v) is 15.9. The number of ether oxygens (including phenoxy) is 2. The van der Waals surface area contributed by atoms with Crippen molar-refractivity contribution in [2.45, 2.75) is 26.8 Å². The van der Waals surface area contributed by atoms with Crippen molar-refractivity contribution in [2.24, 2.45) is 7.05 Å². The summed E-state index contributed by atoms with van der Waals surface area (Å²) in [6, 6.07) is 5.80. The van der Waals surface area contributed by atoms with Gasteiger partial charge >= 0.3 is 0 Å². The van der Waals surface area contributed by atoms with E-state index in [-0.39, 0.29) is 11.6 Å². The average molecular weight is 396 g/mol. The van der Waals surface area contributed by atoms with Crippen LogP contribution < -0.4 is 20.3 Å². The summed E-state index contributed by atoms with van der Waals surface area (Å²) in [6.07, 6.45) is 1.63. The highest BCUT2D eigenvalue weighted by molar-refractivity contribution is 9.10. The molecule has 0 fully saturated rings. The standard InChI is InChI=1S/C17H22BrN3O3/c1-5-23-14-8-7-12(9-15(14)24-6-2)11(3)20-13-10-19-21(4)17(22)16(13)18/h7-11,20H,5-6H2,1-4H3. The number of anilines is 1. The normalized spacial score (nSPS) is 11.9. The zero-order chi connectivity index (χ0) is 17.7. The summed E-state index contributed by atoms with van der Waals surface area (Å²) < 4.78 is 13.0. The van der Waals surface area contributed by atoms with Crippen molar-refractivity contribution >= 4 is 21.6 Å². The smallest absolute Gasteiger partial charge is 0.282 e. The molecule has 0 saturated carbocycles. The fraction of sp³-hybridized carbons (Fsp3) is 0.412. The Bertz CT molecular complexity index is 761. The fourth-order valence-electron chi connectivity index (χ4n) is 2.26. The van der Waals surface area contributed by atoms with Crippen LogP contribution in [0.5, 0.6) is 11.5 Å². The highest BCUT2D eigenvalue weighted by Crippen LogP contribution is 2.32. The van der Waals surface area contributed by atoms with Crippen molar-refractivity contribution < 1.29 is 9.47 Å². The summed E-state index contributed by atoms with van der Waals surface area (Å²) >= 11 is 3.32. The number of nitrogens with one attached hydrogen (secondary N) is 1. The third-order valence-electron chi connectivity index (χ3n) is 3.52. The number of aryl methyl sites for hydroxylation is 1. The van der Waals surface area contributed by atoms with Gasteiger partial charge in [-0.1, -0.05) is 6.07 Å². The molecule has 1 aromatic heterocycles. The lowest BCUT2D eigenvalue weighted by molar-refractivity contribution is 0.287. The SMILES string of the molecule is CCOc1ccc(C(C)Nc2cnn(C)c(=O)c2Br)cc1OCC. The molecule has 1 atom stereocenters. The molecule has 24 heavy (non-hydrogen) atoms. The molecule has 130 valence electrons. The minimum atomic E-state index is -0.186. The van der Waals surface area contributed by atoms with Gasteiger partial charge in [0.05, 0.1) is 25.1 Å². The van der Waals surface area contributed by atoms with Gasteiger partial charge in [0.1, 0.15) is 4.47 Å². The van der Waals surface area contributed by atoms with Crippen molar-refractivity contribution in [3.05, 3.63) is 44.8 Å². The molecule has 1 aromatic carbocycles. The highest BCUT2D eigenvalue weighted by atomic mass is 79.9. The molecule has 1 unspecified atom stereocenters. The Labute approximate surface area is 149 Å². The lowest BCUT2D eigenvalue weighted by atomic mass is 10.1. The summed E-state index contributed by atoms with van der Waals surface area (Å²) in [5.41, 5.74) is 1.49. The number of benzene rings is 1. The Kier molecular flexibility index (Phi) is 6.25. The second-order valence-corrected chi connectivity index (χ2v) is 6.03. The van der Waals surface area contributed by atoms with Crippen LogP contribution in [-0.4, -0.2) is 23.0 Å². The van der Waals surface area contributed by atoms with Crippen LogP contribution in [0, 0.1) is 0 Å². The number of nitrogens with zero attached hydrogens (tertiary/aromatic N) is 2. The van der Waals surface area contributed by atoms with E-state index in [1.165, 1.54) is 4.68 Å². The fourth-order valence-corrected chi connectivity index (χ4v) is 2.74. The first kappa shape index (κ1) is 18.3. The van der Waals surface area contributed by atoms with Gasteiger partial charge in [-0.25, -0.2) is 4.68 Å². The molecule has 1 N–H and O–H groups in total. The number of hydrogen-bond acceptors (Lipinski definition) is 5. The quantitative estimate of drug-likeness (QED) is 0.776. The Hall–Kier alpha value is -2.02. The molecule has 0 aliphatic rings. The summed E-state index contributed by atoms with van der Waals surface area (Å²) in [4.78, 5) is 11.9. The number of aromatic nitrogens is 2. The first-order valence-electron chi connectivity index (χ1n) is 7.85. The summed E-state index contributed by atoms with van der Waals surface area (Å²) in [5, 5.41) is 7.33. The van der Waals surface area contributed by atoms with E-state index in [4.69, 9.17) is 9.47 Å². The molecule has 2 rings (SSSR count). The molecule has 0 bridgehead atoms. The Morgan fingerprint density at radius 1 is 1.25 bits per heavy atom. The lowest BCUT2D eigenvalue weighted by Gasteiger charge is -2.19. The highest BCUT2D eigenvalue weighted by Gasteiger charge is 2.14. The molecule has 7 heteroatoms. The molecule has 6 nitrogen and oxygen atoms in total. The van der Waals surface area contributed by atoms with Crippen LogP contribution >= 0.6 is 15.9 Å². The number of halogens is 1. The van der Waals surface area contributed by atoms with Crippen LogP contribution in [-0.2, 0) is 7.05 Å². The van der Waals surface area contributed by atoms with Crippen molar-refractivity contribution in [1.82, 2.24) is 9.78 Å². The predicted molar refractivity (Wildman–Crippen MR) is 98.0 cm³/mol. The van der Waals surface area contributed by atoms with Crippen LogP contribution in [0.15, 0.2) is 33.7 Å². The Morgan fingerprint density at radius 3 is 2.58 bits per heavy atom. The van der Waals surface area contributed by atoms with Crippen LogP contribution in [0.1, 0.15) is 32.4 Å². The number of rotatable bonds is 7. The van der Waals surface area contributed by atoms with Crippen LogP contribution in [0.3, 0.4) is 0 Å². The van der Waals surface area contributed by atoms with Crippen molar-refractivity contribution in [3.63, 3.8) is 0 Å². The maximum absolute atomic E-state index is 11.9.